The Kier molecular flexibility index (Phi) is 6.14. The van der Waals surface area contributed by atoms with Crippen molar-refractivity contribution in [2.24, 2.45) is 5.73 Å². The van der Waals surface area contributed by atoms with E-state index in [0.29, 0.717) is 16.3 Å². The van der Waals surface area contributed by atoms with E-state index in [1.54, 1.807) is 36.4 Å². The molecule has 0 spiro atoms. The van der Waals surface area contributed by atoms with Crippen molar-refractivity contribution in [3.05, 3.63) is 64.7 Å². The Morgan fingerprint density at radius 3 is 2.16 bits per heavy atom. The van der Waals surface area contributed by atoms with E-state index in [1.165, 1.54) is 19.1 Å². The predicted octanol–water partition coefficient (Wildman–Crippen LogP) is 2.64. The molecular weight excluding hydrogens is 342 g/mol. The molecule has 0 fully saturated rings. The van der Waals surface area contributed by atoms with Crippen molar-refractivity contribution in [1.82, 2.24) is 5.32 Å². The van der Waals surface area contributed by atoms with Gasteiger partial charge in [-0.15, -0.1) is 0 Å². The summed E-state index contributed by atoms with van der Waals surface area (Å²) in [6.07, 6.45) is 0.0543. The van der Waals surface area contributed by atoms with Gasteiger partial charge in [-0.3, -0.25) is 14.4 Å². The fraction of sp³-hybridized carbons (Fsp3) is 0.167. The van der Waals surface area contributed by atoms with Crippen molar-refractivity contribution in [3.63, 3.8) is 0 Å². The fourth-order valence-corrected chi connectivity index (χ4v) is 2.43. The van der Waals surface area contributed by atoms with Crippen LogP contribution in [0, 0.1) is 0 Å². The molecule has 0 saturated heterocycles. The summed E-state index contributed by atoms with van der Waals surface area (Å²) in [6.45, 7) is 1.39. The number of primary amides is 1. The predicted molar refractivity (Wildman–Crippen MR) is 96.2 cm³/mol. The summed E-state index contributed by atoms with van der Waals surface area (Å²) in [5.41, 5.74) is 6.84. The Hall–Kier alpha value is -2.86. The smallest absolute Gasteiger partial charge is 0.248 e. The van der Waals surface area contributed by atoms with Crippen LogP contribution in [0.25, 0.3) is 0 Å². The van der Waals surface area contributed by atoms with Gasteiger partial charge in [0, 0.05) is 23.2 Å². The van der Waals surface area contributed by atoms with Crippen molar-refractivity contribution in [3.8, 4) is 0 Å². The largest absolute Gasteiger partial charge is 0.366 e. The number of amides is 3. The molecule has 0 heterocycles. The first-order chi connectivity index (χ1) is 11.8. The number of nitrogens with one attached hydrogen (secondary N) is 2. The number of anilines is 1. The van der Waals surface area contributed by atoms with Crippen LogP contribution in [0.1, 0.15) is 35.3 Å². The van der Waals surface area contributed by atoms with E-state index in [4.69, 9.17) is 17.3 Å². The quantitative estimate of drug-likeness (QED) is 0.738. The molecule has 130 valence electrons. The van der Waals surface area contributed by atoms with Gasteiger partial charge in [0.05, 0.1) is 12.5 Å². The summed E-state index contributed by atoms with van der Waals surface area (Å²) >= 11 is 5.87. The first kappa shape index (κ1) is 18.5. The molecular formula is C18H18ClN3O3. The summed E-state index contributed by atoms with van der Waals surface area (Å²) in [7, 11) is 0. The Morgan fingerprint density at radius 1 is 1.04 bits per heavy atom. The summed E-state index contributed by atoms with van der Waals surface area (Å²) in [5.74, 6) is -1.05. The highest BCUT2D eigenvalue weighted by atomic mass is 35.5. The van der Waals surface area contributed by atoms with Crippen LogP contribution >= 0.6 is 11.6 Å². The average molecular weight is 360 g/mol. The van der Waals surface area contributed by atoms with Gasteiger partial charge in [0.2, 0.25) is 17.7 Å². The van der Waals surface area contributed by atoms with Gasteiger partial charge in [-0.2, -0.15) is 0 Å². The Labute approximate surface area is 150 Å². The van der Waals surface area contributed by atoms with Crippen LogP contribution in [0.15, 0.2) is 48.5 Å². The number of hydrogen-bond donors (Lipinski definition) is 3. The zero-order chi connectivity index (χ0) is 18.4. The van der Waals surface area contributed by atoms with Crippen molar-refractivity contribution < 1.29 is 14.4 Å². The lowest BCUT2D eigenvalue weighted by molar-refractivity contribution is -0.120. The second-order valence-electron chi connectivity index (χ2n) is 5.50. The summed E-state index contributed by atoms with van der Waals surface area (Å²) in [6, 6.07) is 12.7. The summed E-state index contributed by atoms with van der Waals surface area (Å²) in [5, 5.41) is 6.05. The van der Waals surface area contributed by atoms with E-state index in [1.807, 2.05) is 0 Å². The molecule has 6 nitrogen and oxygen atoms in total. The van der Waals surface area contributed by atoms with Gasteiger partial charge in [0.15, 0.2) is 0 Å². The first-order valence-corrected chi connectivity index (χ1v) is 7.95. The standard InChI is InChI=1S/C18H18ClN3O3/c1-11(23)21-16(12-2-6-14(19)7-3-12)10-17(24)22-15-8-4-13(5-9-15)18(20)25/h2-9,16H,10H2,1H3,(H2,20,25)(H,21,23)(H,22,24). The Bertz CT molecular complexity index is 773. The monoisotopic (exact) mass is 359 g/mol. The second-order valence-corrected chi connectivity index (χ2v) is 5.93. The number of carbonyl (C=O) groups excluding carboxylic acids is 3. The molecule has 0 aromatic heterocycles. The molecule has 0 aliphatic rings. The van der Waals surface area contributed by atoms with E-state index < -0.39 is 11.9 Å². The lowest BCUT2D eigenvalue weighted by Crippen LogP contribution is -2.29. The lowest BCUT2D eigenvalue weighted by Gasteiger charge is -2.18. The topological polar surface area (TPSA) is 101 Å². The number of rotatable bonds is 6. The van der Waals surface area contributed by atoms with Gasteiger partial charge < -0.3 is 16.4 Å². The van der Waals surface area contributed by atoms with E-state index >= 15 is 0 Å². The van der Waals surface area contributed by atoms with Crippen LogP contribution in [0.5, 0.6) is 0 Å². The molecule has 1 atom stereocenters. The third-order valence-electron chi connectivity index (χ3n) is 3.49. The molecule has 2 aromatic carbocycles. The second kappa shape index (κ2) is 8.30. The highest BCUT2D eigenvalue weighted by Gasteiger charge is 2.17. The maximum atomic E-state index is 12.3. The Morgan fingerprint density at radius 2 is 1.64 bits per heavy atom. The van der Waals surface area contributed by atoms with Crippen LogP contribution in [0.3, 0.4) is 0 Å². The van der Waals surface area contributed by atoms with Gasteiger partial charge in [0.1, 0.15) is 0 Å². The van der Waals surface area contributed by atoms with E-state index in [-0.39, 0.29) is 18.2 Å². The minimum Gasteiger partial charge on any atom is -0.366 e. The lowest BCUT2D eigenvalue weighted by atomic mass is 10.0. The molecule has 3 amide bonds. The zero-order valence-corrected chi connectivity index (χ0v) is 14.3. The third-order valence-corrected chi connectivity index (χ3v) is 3.74. The van der Waals surface area contributed by atoms with Crippen LogP contribution in [0.4, 0.5) is 5.69 Å². The van der Waals surface area contributed by atoms with Gasteiger partial charge >= 0.3 is 0 Å². The van der Waals surface area contributed by atoms with Gasteiger partial charge in [-0.05, 0) is 42.0 Å². The minimum atomic E-state index is -0.536. The molecule has 7 heteroatoms. The van der Waals surface area contributed by atoms with Crippen LogP contribution in [0.2, 0.25) is 5.02 Å². The molecule has 4 N–H and O–H groups in total. The molecule has 1 unspecified atom stereocenters. The molecule has 0 aliphatic carbocycles. The number of nitrogens with two attached hydrogens (primary N) is 1. The minimum absolute atomic E-state index is 0.0543. The molecule has 0 bridgehead atoms. The van der Waals surface area contributed by atoms with Crippen molar-refractivity contribution >= 4 is 35.0 Å². The molecule has 0 radical (unpaired) electrons. The van der Waals surface area contributed by atoms with Crippen molar-refractivity contribution in [1.29, 1.82) is 0 Å². The molecule has 0 aliphatic heterocycles. The van der Waals surface area contributed by atoms with Crippen LogP contribution in [-0.4, -0.2) is 17.7 Å². The van der Waals surface area contributed by atoms with Crippen LogP contribution in [-0.2, 0) is 9.59 Å². The van der Waals surface area contributed by atoms with Crippen LogP contribution < -0.4 is 16.4 Å². The average Bonchev–Trinajstić information content (AvgIpc) is 2.55. The normalized spacial score (nSPS) is 11.4. The van der Waals surface area contributed by atoms with Crippen molar-refractivity contribution in [2.75, 3.05) is 5.32 Å². The summed E-state index contributed by atoms with van der Waals surface area (Å²) in [4.78, 5) is 34.8. The maximum absolute atomic E-state index is 12.3. The highest BCUT2D eigenvalue weighted by molar-refractivity contribution is 6.30. The fourth-order valence-electron chi connectivity index (χ4n) is 2.31. The molecule has 2 aromatic rings. The van der Waals surface area contributed by atoms with Gasteiger partial charge in [-0.1, -0.05) is 23.7 Å². The number of benzene rings is 2. The van der Waals surface area contributed by atoms with E-state index in [0.717, 1.165) is 5.56 Å². The maximum Gasteiger partial charge on any atom is 0.248 e. The first-order valence-electron chi connectivity index (χ1n) is 7.57. The molecule has 2 rings (SSSR count). The molecule has 25 heavy (non-hydrogen) atoms. The number of halogens is 1. The van der Waals surface area contributed by atoms with Gasteiger partial charge in [0.25, 0.3) is 0 Å². The summed E-state index contributed by atoms with van der Waals surface area (Å²) < 4.78 is 0. The SMILES string of the molecule is CC(=O)NC(CC(=O)Nc1ccc(C(N)=O)cc1)c1ccc(Cl)cc1. The number of hydrogen-bond acceptors (Lipinski definition) is 3. The van der Waals surface area contributed by atoms with Gasteiger partial charge in [-0.25, -0.2) is 0 Å². The van der Waals surface area contributed by atoms with E-state index in [2.05, 4.69) is 10.6 Å². The number of carbonyl (C=O) groups is 3. The van der Waals surface area contributed by atoms with E-state index in [9.17, 15) is 14.4 Å². The van der Waals surface area contributed by atoms with Crippen molar-refractivity contribution in [2.45, 2.75) is 19.4 Å². The Balaban J connectivity index is 2.07. The highest BCUT2D eigenvalue weighted by Crippen LogP contribution is 2.20. The third kappa shape index (κ3) is 5.61. The molecule has 0 saturated carbocycles. The zero-order valence-electron chi connectivity index (χ0n) is 13.6.